The Morgan fingerprint density at radius 1 is 0.893 bits per heavy atom. The van der Waals surface area contributed by atoms with Gasteiger partial charge in [-0.2, -0.15) is 0 Å². The molecule has 0 bridgehead atoms. The number of ether oxygens (including phenoxy) is 4. The molecule has 0 aliphatic rings. The van der Waals surface area contributed by atoms with Gasteiger partial charge < -0.3 is 38.2 Å². The summed E-state index contributed by atoms with van der Waals surface area (Å²) >= 11 is 0. The van der Waals surface area contributed by atoms with Crippen molar-refractivity contribution in [1.29, 1.82) is 0 Å². The van der Waals surface area contributed by atoms with E-state index in [9.17, 15) is 33.1 Å². The Bertz CT molecular complexity index is 1520. The van der Waals surface area contributed by atoms with E-state index in [-0.39, 0.29) is 43.8 Å². The number of amides is 1. The van der Waals surface area contributed by atoms with Gasteiger partial charge in [-0.15, -0.1) is 0 Å². The largest absolute Gasteiger partial charge is 0.519 e. The quantitative estimate of drug-likeness (QED) is 0.0448. The van der Waals surface area contributed by atoms with Gasteiger partial charge in [-0.05, 0) is 56.7 Å². The van der Waals surface area contributed by atoms with Crippen LogP contribution in [-0.2, 0) is 41.6 Å². The highest BCUT2D eigenvalue weighted by molar-refractivity contribution is 5.86. The number of allylic oxidation sites excluding steroid dienone is 1. The van der Waals surface area contributed by atoms with E-state index in [4.69, 9.17) is 27.8 Å². The zero-order valence-electron chi connectivity index (χ0n) is 33.8. The van der Waals surface area contributed by atoms with Crippen LogP contribution in [0.4, 0.5) is 8.78 Å². The Morgan fingerprint density at radius 2 is 1.55 bits per heavy atom. The lowest BCUT2D eigenvalue weighted by atomic mass is 9.81. The summed E-state index contributed by atoms with van der Waals surface area (Å²) in [5.41, 5.74) is -1.56. The average molecular weight is 796 g/mol. The fourth-order valence-electron chi connectivity index (χ4n) is 6.13. The number of halogens is 2. The Kier molecular flexibility index (Phi) is 22.3. The smallest absolute Gasteiger partial charge is 0.494 e. The number of aryl methyl sites for hydroxylation is 1. The fourth-order valence-corrected chi connectivity index (χ4v) is 6.13. The molecule has 14 heteroatoms. The van der Waals surface area contributed by atoms with Gasteiger partial charge >= 0.3 is 17.8 Å². The summed E-state index contributed by atoms with van der Waals surface area (Å²) in [6, 6.07) is 6.06. The first-order valence-corrected chi connectivity index (χ1v) is 19.9. The molecule has 0 aliphatic heterocycles. The van der Waals surface area contributed by atoms with E-state index >= 15 is 0 Å². The lowest BCUT2D eigenvalue weighted by Gasteiger charge is -2.32. The number of nitrogens with one attached hydrogen (secondary N) is 1. The van der Waals surface area contributed by atoms with Crippen LogP contribution in [0.2, 0.25) is 0 Å². The van der Waals surface area contributed by atoms with Crippen molar-refractivity contribution in [3.8, 4) is 5.75 Å². The lowest BCUT2D eigenvalue weighted by Crippen LogP contribution is -2.50. The van der Waals surface area contributed by atoms with Gasteiger partial charge in [0.2, 0.25) is 11.8 Å². The van der Waals surface area contributed by atoms with E-state index in [1.165, 1.54) is 21.1 Å². The molecule has 1 aromatic heterocycles. The van der Waals surface area contributed by atoms with Crippen LogP contribution in [0.5, 0.6) is 5.75 Å². The molecule has 3 atom stereocenters. The lowest BCUT2D eigenvalue weighted by molar-refractivity contribution is -0.175. The van der Waals surface area contributed by atoms with Crippen molar-refractivity contribution in [3.63, 3.8) is 0 Å². The highest BCUT2D eigenvalue weighted by Crippen LogP contribution is 2.31. The van der Waals surface area contributed by atoms with Crippen LogP contribution in [0.1, 0.15) is 127 Å². The molecule has 56 heavy (non-hydrogen) atoms. The highest BCUT2D eigenvalue weighted by atomic mass is 19.3. The molecule has 12 nitrogen and oxygen atoms in total. The Balaban J connectivity index is 2.19. The number of aliphatic hydroxyl groups is 1. The number of alkyl halides is 2. The minimum Gasteiger partial charge on any atom is -0.494 e. The summed E-state index contributed by atoms with van der Waals surface area (Å²) in [5, 5.41) is 14.7. The van der Waals surface area contributed by atoms with Crippen molar-refractivity contribution in [1.82, 2.24) is 5.32 Å². The fraction of sp³-hybridized carbons (Fsp3) is 0.667. The maximum Gasteiger partial charge on any atom is 0.519 e. The monoisotopic (exact) mass is 795 g/mol. The van der Waals surface area contributed by atoms with Gasteiger partial charge in [-0.1, -0.05) is 76.7 Å². The molecule has 0 saturated carbocycles. The van der Waals surface area contributed by atoms with Crippen LogP contribution in [0.25, 0.3) is 0 Å². The Hall–Kier alpha value is -4.04. The molecule has 2 aromatic rings. The van der Waals surface area contributed by atoms with E-state index in [0.717, 1.165) is 37.7 Å². The summed E-state index contributed by atoms with van der Waals surface area (Å²) in [4.78, 5) is 51.6. The number of benzene rings is 1. The number of carbonyl (C=O) groups is 3. The second-order valence-electron chi connectivity index (χ2n) is 14.2. The van der Waals surface area contributed by atoms with Crippen LogP contribution >= 0.6 is 0 Å². The topological polar surface area (TPSA) is 164 Å². The number of unbranched alkanes of at least 4 members (excludes halogenated alkanes) is 8. The molecule has 0 fully saturated rings. The molecule has 2 N–H and O–H groups in total. The number of carbonyl (C=O) groups excluding carboxylic acids is 3. The van der Waals surface area contributed by atoms with Gasteiger partial charge in [0.15, 0.2) is 23.7 Å². The Morgan fingerprint density at radius 3 is 2.16 bits per heavy atom. The van der Waals surface area contributed by atoms with Crippen molar-refractivity contribution in [2.45, 2.75) is 148 Å². The third kappa shape index (κ3) is 17.8. The van der Waals surface area contributed by atoms with Gasteiger partial charge in [-0.3, -0.25) is 4.79 Å². The standard InChI is InChI=1S/C42H63F2NO11/c1-6-8-10-16-23-41(43,44)24-17-14-12-11-13-15-18-33(42(50,25-27-51-4)39(48)54-30-36-31(3)55-40(49)56-36)29-37(46)45-35(38(47)52-5)28-32-19-21-34(22-20-32)53-26-9-7-2/h15,18-22,33,35,50H,6-14,16-17,23-30H2,1-5H3,(H,45,46)/b18-15+/t33-,35+,42+/m1/s1. The van der Waals surface area contributed by atoms with Gasteiger partial charge in [0, 0.05) is 51.7 Å². The van der Waals surface area contributed by atoms with E-state index in [1.54, 1.807) is 36.4 Å². The molecule has 0 aliphatic carbocycles. The highest BCUT2D eigenvalue weighted by Gasteiger charge is 2.45. The summed E-state index contributed by atoms with van der Waals surface area (Å²) in [6.07, 6.45) is 10.5. The minimum absolute atomic E-state index is 0.0435. The van der Waals surface area contributed by atoms with Crippen molar-refractivity contribution < 1.29 is 56.1 Å². The zero-order valence-corrected chi connectivity index (χ0v) is 33.8. The third-order valence-electron chi connectivity index (χ3n) is 9.61. The summed E-state index contributed by atoms with van der Waals surface area (Å²) in [7, 11) is 2.60. The second-order valence-corrected chi connectivity index (χ2v) is 14.2. The van der Waals surface area contributed by atoms with Gasteiger partial charge in [0.05, 0.1) is 13.7 Å². The number of methoxy groups -OCH3 is 2. The molecule has 0 spiro atoms. The molecule has 2 rings (SSSR count). The van der Waals surface area contributed by atoms with Crippen LogP contribution in [0, 0.1) is 12.8 Å². The average Bonchev–Trinajstić information content (AvgIpc) is 3.50. The second kappa shape index (κ2) is 26.0. The van der Waals surface area contributed by atoms with Crippen molar-refractivity contribution in [3.05, 3.63) is 64.1 Å². The predicted octanol–water partition coefficient (Wildman–Crippen LogP) is 7.94. The predicted molar refractivity (Wildman–Crippen MR) is 206 cm³/mol. The molecule has 1 aromatic carbocycles. The molecular weight excluding hydrogens is 732 g/mol. The molecule has 0 saturated heterocycles. The minimum atomic E-state index is -2.66. The third-order valence-corrected chi connectivity index (χ3v) is 9.61. The number of hydrogen-bond acceptors (Lipinski definition) is 11. The molecule has 316 valence electrons. The van der Waals surface area contributed by atoms with Crippen molar-refractivity contribution >= 4 is 17.8 Å². The van der Waals surface area contributed by atoms with Gasteiger partial charge in [0.1, 0.15) is 11.8 Å². The molecule has 0 radical (unpaired) electrons. The molecule has 1 amide bonds. The first kappa shape index (κ1) is 48.1. The van der Waals surface area contributed by atoms with Crippen molar-refractivity contribution in [2.75, 3.05) is 27.4 Å². The number of rotatable bonds is 30. The van der Waals surface area contributed by atoms with E-state index in [2.05, 4.69) is 12.2 Å². The maximum atomic E-state index is 14.3. The summed E-state index contributed by atoms with van der Waals surface area (Å²) in [6.45, 7) is 5.55. The van der Waals surface area contributed by atoms with E-state index in [0.29, 0.717) is 50.9 Å². The van der Waals surface area contributed by atoms with E-state index < -0.39 is 60.2 Å². The number of esters is 2. The van der Waals surface area contributed by atoms with Gasteiger partial charge in [0.25, 0.3) is 0 Å². The van der Waals surface area contributed by atoms with Gasteiger partial charge in [-0.25, -0.2) is 23.2 Å². The molecule has 0 unspecified atom stereocenters. The first-order chi connectivity index (χ1) is 26.8. The van der Waals surface area contributed by atoms with Crippen molar-refractivity contribution in [2.24, 2.45) is 5.92 Å². The molecule has 1 heterocycles. The van der Waals surface area contributed by atoms with Crippen LogP contribution in [-0.4, -0.2) is 68.0 Å². The summed E-state index contributed by atoms with van der Waals surface area (Å²) < 4.78 is 59.5. The maximum absolute atomic E-state index is 14.3. The Labute approximate surface area is 329 Å². The normalized spacial score (nSPS) is 13.9. The first-order valence-electron chi connectivity index (χ1n) is 19.9. The van der Waals surface area contributed by atoms with Crippen LogP contribution < -0.4 is 15.9 Å². The van der Waals surface area contributed by atoms with E-state index in [1.807, 2.05) is 6.92 Å². The zero-order chi connectivity index (χ0) is 41.4. The van der Waals surface area contributed by atoms with Crippen LogP contribution in [0.3, 0.4) is 0 Å². The van der Waals surface area contributed by atoms with Crippen LogP contribution in [0.15, 0.2) is 50.0 Å². The molecular formula is C42H63F2NO11. The number of hydrogen-bond donors (Lipinski definition) is 2. The summed E-state index contributed by atoms with van der Waals surface area (Å²) in [5.74, 6) is -6.50. The SMILES string of the molecule is CCCCCCC(F)(F)CCCCCC/C=C/[C@H](CC(=O)N[C@@H](Cc1ccc(OCCCC)cc1)C(=O)OC)[C@@](O)(CCOC)C(=O)OCc1oc(=O)oc1C.